The molecule has 19 heavy (non-hydrogen) atoms. The van der Waals surface area contributed by atoms with E-state index in [4.69, 9.17) is 0 Å². The molecule has 2 aromatic heterocycles. The van der Waals surface area contributed by atoms with E-state index in [-0.39, 0.29) is 5.41 Å². The van der Waals surface area contributed by atoms with E-state index in [0.717, 1.165) is 23.3 Å². The second kappa shape index (κ2) is 3.89. The van der Waals surface area contributed by atoms with Gasteiger partial charge >= 0.3 is 0 Å². The van der Waals surface area contributed by atoms with E-state index < -0.39 is 0 Å². The van der Waals surface area contributed by atoms with Gasteiger partial charge in [-0.25, -0.2) is 15.0 Å². The maximum absolute atomic E-state index is 4.48. The highest BCUT2D eigenvalue weighted by molar-refractivity contribution is 5.84. The Kier molecular flexibility index (Phi) is 2.52. The first-order valence-corrected chi connectivity index (χ1v) is 6.73. The Bertz CT molecular complexity index is 649. The van der Waals surface area contributed by atoms with Gasteiger partial charge in [-0.05, 0) is 29.2 Å². The molecular weight excluding hydrogens is 236 g/mol. The zero-order valence-corrected chi connectivity index (χ0v) is 12.0. The van der Waals surface area contributed by atoms with Crippen molar-refractivity contribution in [1.82, 2.24) is 19.9 Å². The van der Waals surface area contributed by atoms with Gasteiger partial charge in [0.1, 0.15) is 11.8 Å². The van der Waals surface area contributed by atoms with Gasteiger partial charge in [0.05, 0.1) is 12.0 Å². The lowest BCUT2D eigenvalue weighted by molar-refractivity contribution is 0.228. The number of fused-ring (bicyclic) bond motifs is 1. The quantitative estimate of drug-likeness (QED) is 0.848. The molecule has 1 N–H and O–H groups in total. The summed E-state index contributed by atoms with van der Waals surface area (Å²) in [5.74, 6) is 0. The number of nitrogens with one attached hydrogen (secondary N) is 1. The molecule has 0 aromatic carbocycles. The third-order valence-electron chi connectivity index (χ3n) is 3.70. The van der Waals surface area contributed by atoms with Crippen LogP contribution in [0.15, 0.2) is 18.7 Å². The van der Waals surface area contributed by atoms with Crippen molar-refractivity contribution < 1.29 is 0 Å². The van der Waals surface area contributed by atoms with Crippen LogP contribution in [0.4, 0.5) is 0 Å². The SMILES string of the molecule is CC1(C)C=C(c2ncnc3nc[nH]c23)CC(C)(C)C1. The summed E-state index contributed by atoms with van der Waals surface area (Å²) in [6.07, 6.45) is 7.89. The predicted molar refractivity (Wildman–Crippen MR) is 76.5 cm³/mol. The third-order valence-corrected chi connectivity index (χ3v) is 3.70. The highest BCUT2D eigenvalue weighted by Crippen LogP contribution is 2.47. The molecule has 0 bridgehead atoms. The second-order valence-corrected chi connectivity index (χ2v) is 7.00. The Morgan fingerprint density at radius 1 is 1.11 bits per heavy atom. The van der Waals surface area contributed by atoms with Gasteiger partial charge in [0.2, 0.25) is 0 Å². The first-order chi connectivity index (χ1) is 8.86. The summed E-state index contributed by atoms with van der Waals surface area (Å²) >= 11 is 0. The Labute approximate surface area is 113 Å². The molecule has 3 rings (SSSR count). The molecule has 100 valence electrons. The van der Waals surface area contributed by atoms with Crippen molar-refractivity contribution in [2.24, 2.45) is 10.8 Å². The molecule has 0 saturated carbocycles. The average molecular weight is 256 g/mol. The summed E-state index contributed by atoms with van der Waals surface area (Å²) in [5, 5.41) is 0. The monoisotopic (exact) mass is 256 g/mol. The minimum absolute atomic E-state index is 0.203. The predicted octanol–water partition coefficient (Wildman–Crippen LogP) is 3.58. The van der Waals surface area contributed by atoms with E-state index >= 15 is 0 Å². The van der Waals surface area contributed by atoms with E-state index in [9.17, 15) is 0 Å². The Hall–Kier alpha value is -1.71. The zero-order chi connectivity index (χ0) is 13.7. The molecule has 1 aliphatic carbocycles. The van der Waals surface area contributed by atoms with Crippen LogP contribution in [-0.2, 0) is 0 Å². The van der Waals surface area contributed by atoms with Crippen LogP contribution in [-0.4, -0.2) is 19.9 Å². The van der Waals surface area contributed by atoms with Crippen molar-refractivity contribution in [2.45, 2.75) is 40.5 Å². The summed E-state index contributed by atoms with van der Waals surface area (Å²) < 4.78 is 0. The molecule has 0 unspecified atom stereocenters. The highest BCUT2D eigenvalue weighted by atomic mass is 15.0. The lowest BCUT2D eigenvalue weighted by Gasteiger charge is -2.39. The van der Waals surface area contributed by atoms with Gasteiger partial charge in [-0.2, -0.15) is 0 Å². The minimum Gasteiger partial charge on any atom is -0.341 e. The van der Waals surface area contributed by atoms with Crippen LogP contribution < -0.4 is 0 Å². The van der Waals surface area contributed by atoms with Crippen molar-refractivity contribution in [2.75, 3.05) is 0 Å². The number of H-pyrrole nitrogens is 1. The summed E-state index contributed by atoms with van der Waals surface area (Å²) in [6.45, 7) is 9.23. The fourth-order valence-corrected chi connectivity index (χ4v) is 3.55. The zero-order valence-electron chi connectivity index (χ0n) is 12.0. The summed E-state index contributed by atoms with van der Waals surface area (Å²) in [6, 6.07) is 0. The Morgan fingerprint density at radius 2 is 1.89 bits per heavy atom. The molecule has 0 atom stereocenters. The van der Waals surface area contributed by atoms with Gasteiger partial charge in [-0.1, -0.05) is 33.8 Å². The lowest BCUT2D eigenvalue weighted by atomic mass is 9.66. The third kappa shape index (κ3) is 2.27. The van der Waals surface area contributed by atoms with Crippen LogP contribution in [0.1, 0.15) is 46.2 Å². The molecule has 0 radical (unpaired) electrons. The van der Waals surface area contributed by atoms with Gasteiger partial charge in [0.15, 0.2) is 5.65 Å². The molecule has 0 fully saturated rings. The molecule has 2 aromatic rings. The Balaban J connectivity index is 2.16. The van der Waals surface area contributed by atoms with E-state index in [1.54, 1.807) is 12.7 Å². The van der Waals surface area contributed by atoms with Crippen molar-refractivity contribution in [3.8, 4) is 0 Å². The van der Waals surface area contributed by atoms with Gasteiger partial charge in [-0.15, -0.1) is 0 Å². The molecular formula is C15H20N4. The molecule has 0 saturated heterocycles. The standard InChI is InChI=1S/C15H20N4/c1-14(2)5-10(6-15(3,4)7-14)11-12-13(18-8-16-11)19-9-17-12/h5,8-9H,6-7H2,1-4H3,(H,16,17,18,19). The maximum atomic E-state index is 4.48. The number of nitrogens with zero attached hydrogens (tertiary/aromatic N) is 3. The highest BCUT2D eigenvalue weighted by Gasteiger charge is 2.34. The van der Waals surface area contributed by atoms with Crippen LogP contribution in [0.5, 0.6) is 0 Å². The number of imidazole rings is 1. The van der Waals surface area contributed by atoms with E-state index in [2.05, 4.69) is 53.7 Å². The van der Waals surface area contributed by atoms with Crippen LogP contribution in [0.25, 0.3) is 16.7 Å². The maximum Gasteiger partial charge on any atom is 0.181 e. The lowest BCUT2D eigenvalue weighted by Crippen LogP contribution is -2.27. The van der Waals surface area contributed by atoms with Gasteiger partial charge in [-0.3, -0.25) is 0 Å². The molecule has 0 aliphatic heterocycles. The number of allylic oxidation sites excluding steroid dienone is 2. The van der Waals surface area contributed by atoms with Gasteiger partial charge in [0, 0.05) is 0 Å². The second-order valence-electron chi connectivity index (χ2n) is 7.00. The molecule has 0 spiro atoms. The number of hydrogen-bond acceptors (Lipinski definition) is 3. The number of hydrogen-bond donors (Lipinski definition) is 1. The summed E-state index contributed by atoms with van der Waals surface area (Å²) in [4.78, 5) is 16.0. The first kappa shape index (κ1) is 12.3. The van der Waals surface area contributed by atoms with Gasteiger partial charge in [0.25, 0.3) is 0 Å². The fraction of sp³-hybridized carbons (Fsp3) is 0.533. The van der Waals surface area contributed by atoms with Crippen LogP contribution in [0.2, 0.25) is 0 Å². The molecule has 0 amide bonds. The fourth-order valence-electron chi connectivity index (χ4n) is 3.55. The van der Waals surface area contributed by atoms with Crippen molar-refractivity contribution in [3.63, 3.8) is 0 Å². The molecule has 2 heterocycles. The van der Waals surface area contributed by atoms with Crippen molar-refractivity contribution >= 4 is 16.7 Å². The largest absolute Gasteiger partial charge is 0.341 e. The average Bonchev–Trinajstić information content (AvgIpc) is 2.71. The topological polar surface area (TPSA) is 54.5 Å². The molecule has 1 aliphatic rings. The smallest absolute Gasteiger partial charge is 0.181 e. The Morgan fingerprint density at radius 3 is 2.63 bits per heavy atom. The van der Waals surface area contributed by atoms with E-state index in [1.165, 1.54) is 12.0 Å². The minimum atomic E-state index is 0.203. The number of aromatic nitrogens is 4. The van der Waals surface area contributed by atoms with Crippen molar-refractivity contribution in [3.05, 3.63) is 24.4 Å². The summed E-state index contributed by atoms with van der Waals surface area (Å²) in [7, 11) is 0. The van der Waals surface area contributed by atoms with Gasteiger partial charge < -0.3 is 4.98 Å². The normalized spacial score (nSPS) is 21.4. The van der Waals surface area contributed by atoms with Crippen molar-refractivity contribution in [1.29, 1.82) is 0 Å². The van der Waals surface area contributed by atoms with E-state index in [0.29, 0.717) is 5.41 Å². The summed E-state index contributed by atoms with van der Waals surface area (Å²) in [5.41, 5.74) is 4.50. The van der Waals surface area contributed by atoms with Crippen LogP contribution in [0, 0.1) is 10.8 Å². The van der Waals surface area contributed by atoms with Crippen LogP contribution in [0.3, 0.4) is 0 Å². The first-order valence-electron chi connectivity index (χ1n) is 6.73. The number of rotatable bonds is 1. The van der Waals surface area contributed by atoms with Crippen LogP contribution >= 0.6 is 0 Å². The van der Waals surface area contributed by atoms with E-state index in [1.807, 2.05) is 0 Å². The molecule has 4 nitrogen and oxygen atoms in total. The molecule has 4 heteroatoms. The number of aromatic amines is 1.